The van der Waals surface area contributed by atoms with E-state index in [1.54, 1.807) is 0 Å². The van der Waals surface area contributed by atoms with E-state index in [1.807, 2.05) is 48.5 Å². The SMILES string of the molecule is ClC(CNCCCOc1ccccc1)c1ccccc1. The molecule has 2 aromatic rings. The van der Waals surface area contributed by atoms with Gasteiger partial charge in [0.05, 0.1) is 12.0 Å². The van der Waals surface area contributed by atoms with E-state index in [4.69, 9.17) is 16.3 Å². The zero-order chi connectivity index (χ0) is 14.0. The van der Waals surface area contributed by atoms with Crippen LogP contribution >= 0.6 is 11.6 Å². The fourth-order valence-electron chi connectivity index (χ4n) is 1.91. The van der Waals surface area contributed by atoms with Gasteiger partial charge < -0.3 is 10.1 Å². The summed E-state index contributed by atoms with van der Waals surface area (Å²) < 4.78 is 5.62. The summed E-state index contributed by atoms with van der Waals surface area (Å²) in [7, 11) is 0. The Hall–Kier alpha value is -1.51. The third kappa shape index (κ3) is 5.24. The van der Waals surface area contributed by atoms with Crippen LogP contribution in [0.4, 0.5) is 0 Å². The molecule has 0 amide bonds. The van der Waals surface area contributed by atoms with Gasteiger partial charge in [0.15, 0.2) is 0 Å². The Morgan fingerprint density at radius 2 is 1.60 bits per heavy atom. The fourth-order valence-corrected chi connectivity index (χ4v) is 2.17. The molecule has 0 saturated carbocycles. The summed E-state index contributed by atoms with van der Waals surface area (Å²) in [4.78, 5) is 0. The maximum atomic E-state index is 6.32. The second-order valence-corrected chi connectivity index (χ2v) is 5.12. The van der Waals surface area contributed by atoms with Crippen LogP contribution < -0.4 is 10.1 Å². The number of ether oxygens (including phenoxy) is 1. The fraction of sp³-hybridized carbons (Fsp3) is 0.294. The Morgan fingerprint density at radius 3 is 2.30 bits per heavy atom. The molecule has 0 radical (unpaired) electrons. The Kier molecular flexibility index (Phi) is 6.42. The van der Waals surface area contributed by atoms with Gasteiger partial charge in [0, 0.05) is 6.54 Å². The van der Waals surface area contributed by atoms with Gasteiger partial charge in [-0.3, -0.25) is 0 Å². The first-order chi connectivity index (χ1) is 9.86. The average Bonchev–Trinajstić information content (AvgIpc) is 2.52. The van der Waals surface area contributed by atoms with Gasteiger partial charge in [0.1, 0.15) is 5.75 Å². The second-order valence-electron chi connectivity index (χ2n) is 4.60. The van der Waals surface area contributed by atoms with E-state index >= 15 is 0 Å². The highest BCUT2D eigenvalue weighted by atomic mass is 35.5. The Balaban J connectivity index is 1.56. The monoisotopic (exact) mass is 289 g/mol. The lowest BCUT2D eigenvalue weighted by Gasteiger charge is -2.11. The summed E-state index contributed by atoms with van der Waals surface area (Å²) in [6, 6.07) is 20.0. The highest BCUT2D eigenvalue weighted by Gasteiger charge is 2.05. The lowest BCUT2D eigenvalue weighted by molar-refractivity contribution is 0.308. The number of hydrogen-bond acceptors (Lipinski definition) is 2. The Morgan fingerprint density at radius 1 is 0.950 bits per heavy atom. The summed E-state index contributed by atoms with van der Waals surface area (Å²) in [5.74, 6) is 0.923. The van der Waals surface area contributed by atoms with Crippen molar-refractivity contribution in [1.82, 2.24) is 5.32 Å². The van der Waals surface area contributed by atoms with Crippen LogP contribution in [-0.4, -0.2) is 19.7 Å². The number of para-hydroxylation sites is 1. The van der Waals surface area contributed by atoms with E-state index in [-0.39, 0.29) is 5.38 Å². The summed E-state index contributed by atoms with van der Waals surface area (Å²) >= 11 is 6.32. The quantitative estimate of drug-likeness (QED) is 0.585. The van der Waals surface area contributed by atoms with Gasteiger partial charge in [-0.15, -0.1) is 11.6 Å². The highest BCUT2D eigenvalue weighted by Crippen LogP contribution is 2.18. The molecule has 106 valence electrons. The number of halogens is 1. The average molecular weight is 290 g/mol. The molecule has 1 N–H and O–H groups in total. The number of rotatable bonds is 8. The van der Waals surface area contributed by atoms with Crippen molar-refractivity contribution in [1.29, 1.82) is 0 Å². The molecule has 3 heteroatoms. The van der Waals surface area contributed by atoms with Crippen molar-refractivity contribution in [3.05, 3.63) is 66.2 Å². The molecule has 0 heterocycles. The molecule has 0 saturated heterocycles. The molecule has 2 aromatic carbocycles. The lowest BCUT2D eigenvalue weighted by atomic mass is 10.1. The van der Waals surface area contributed by atoms with Crippen molar-refractivity contribution < 1.29 is 4.74 Å². The minimum absolute atomic E-state index is 0.0197. The highest BCUT2D eigenvalue weighted by molar-refractivity contribution is 6.21. The van der Waals surface area contributed by atoms with Crippen LogP contribution in [0.2, 0.25) is 0 Å². The zero-order valence-electron chi connectivity index (χ0n) is 11.5. The smallest absolute Gasteiger partial charge is 0.119 e. The molecular formula is C17H20ClNO. The second kappa shape index (κ2) is 8.62. The molecule has 1 atom stereocenters. The largest absolute Gasteiger partial charge is 0.494 e. The normalized spacial score (nSPS) is 12.1. The first-order valence-corrected chi connectivity index (χ1v) is 7.37. The standard InChI is InChI=1S/C17H20ClNO/c18-17(15-8-3-1-4-9-15)14-19-12-7-13-20-16-10-5-2-6-11-16/h1-6,8-11,17,19H,7,12-14H2. The summed E-state index contributed by atoms with van der Waals surface area (Å²) in [6.07, 6.45) is 0.966. The maximum Gasteiger partial charge on any atom is 0.119 e. The van der Waals surface area contributed by atoms with Crippen LogP contribution in [-0.2, 0) is 0 Å². The Bertz CT molecular complexity index is 475. The molecule has 0 aliphatic carbocycles. The molecule has 0 bridgehead atoms. The first-order valence-electron chi connectivity index (χ1n) is 6.94. The van der Waals surface area contributed by atoms with Crippen molar-refractivity contribution in [2.75, 3.05) is 19.7 Å². The molecular weight excluding hydrogens is 270 g/mol. The van der Waals surface area contributed by atoms with Crippen LogP contribution in [0.1, 0.15) is 17.4 Å². The zero-order valence-corrected chi connectivity index (χ0v) is 12.2. The van der Waals surface area contributed by atoms with Gasteiger partial charge in [0.2, 0.25) is 0 Å². The van der Waals surface area contributed by atoms with Gasteiger partial charge in [-0.25, -0.2) is 0 Å². The van der Waals surface area contributed by atoms with Crippen LogP contribution in [0, 0.1) is 0 Å². The number of nitrogens with one attached hydrogen (secondary N) is 1. The maximum absolute atomic E-state index is 6.32. The van der Waals surface area contributed by atoms with Crippen LogP contribution in [0.5, 0.6) is 5.75 Å². The van der Waals surface area contributed by atoms with Crippen molar-refractivity contribution in [2.24, 2.45) is 0 Å². The molecule has 20 heavy (non-hydrogen) atoms. The lowest BCUT2D eigenvalue weighted by Crippen LogP contribution is -2.21. The van der Waals surface area contributed by atoms with Crippen molar-refractivity contribution in [3.63, 3.8) is 0 Å². The first kappa shape index (κ1) is 14.9. The predicted molar refractivity (Wildman–Crippen MR) is 84.5 cm³/mol. The molecule has 0 aliphatic heterocycles. The minimum atomic E-state index is 0.0197. The van der Waals surface area contributed by atoms with Crippen molar-refractivity contribution in [3.8, 4) is 5.75 Å². The van der Waals surface area contributed by atoms with Gasteiger partial charge in [-0.1, -0.05) is 48.5 Å². The van der Waals surface area contributed by atoms with Gasteiger partial charge >= 0.3 is 0 Å². The predicted octanol–water partition coefficient (Wildman–Crippen LogP) is 4.03. The third-order valence-electron chi connectivity index (χ3n) is 2.99. The van der Waals surface area contributed by atoms with E-state index in [1.165, 1.54) is 0 Å². The summed E-state index contributed by atoms with van der Waals surface area (Å²) in [5.41, 5.74) is 1.15. The molecule has 2 nitrogen and oxygen atoms in total. The third-order valence-corrected chi connectivity index (χ3v) is 3.40. The van der Waals surface area contributed by atoms with Gasteiger partial charge in [-0.05, 0) is 30.7 Å². The van der Waals surface area contributed by atoms with Crippen LogP contribution in [0.25, 0.3) is 0 Å². The van der Waals surface area contributed by atoms with Gasteiger partial charge in [0.25, 0.3) is 0 Å². The van der Waals surface area contributed by atoms with Crippen molar-refractivity contribution >= 4 is 11.6 Å². The molecule has 1 unspecified atom stereocenters. The van der Waals surface area contributed by atoms with Crippen LogP contribution in [0.3, 0.4) is 0 Å². The molecule has 0 aromatic heterocycles. The molecule has 0 spiro atoms. The van der Waals surface area contributed by atoms with Crippen molar-refractivity contribution in [2.45, 2.75) is 11.8 Å². The Labute approximate surface area is 125 Å². The van der Waals surface area contributed by atoms with E-state index in [0.29, 0.717) is 0 Å². The number of hydrogen-bond donors (Lipinski definition) is 1. The van der Waals surface area contributed by atoms with Crippen LogP contribution in [0.15, 0.2) is 60.7 Å². The topological polar surface area (TPSA) is 21.3 Å². The van der Waals surface area contributed by atoms with E-state index in [9.17, 15) is 0 Å². The summed E-state index contributed by atoms with van der Waals surface area (Å²) in [6.45, 7) is 2.40. The number of benzene rings is 2. The molecule has 0 fully saturated rings. The summed E-state index contributed by atoms with van der Waals surface area (Å²) in [5, 5.41) is 3.38. The number of alkyl halides is 1. The van der Waals surface area contributed by atoms with Gasteiger partial charge in [-0.2, -0.15) is 0 Å². The molecule has 0 aliphatic rings. The minimum Gasteiger partial charge on any atom is -0.494 e. The van der Waals surface area contributed by atoms with E-state index in [0.717, 1.165) is 37.4 Å². The van der Waals surface area contributed by atoms with E-state index < -0.39 is 0 Å². The molecule has 2 rings (SSSR count). The van der Waals surface area contributed by atoms with E-state index in [2.05, 4.69) is 17.4 Å².